The minimum atomic E-state index is 0.572. The quantitative estimate of drug-likeness (QED) is 0.130. The Balaban J connectivity index is 1.16. The molecule has 0 spiro atoms. The molecule has 0 atom stereocenters. The molecule has 0 aliphatic heterocycles. The van der Waals surface area contributed by atoms with Crippen molar-refractivity contribution in [2.75, 3.05) is 9.80 Å². The summed E-state index contributed by atoms with van der Waals surface area (Å²) < 4.78 is 7.43. The Kier molecular flexibility index (Phi) is 11.8. The summed E-state index contributed by atoms with van der Waals surface area (Å²) in [5.41, 5.74) is 19.1. The number of nitrogens with zero attached hydrogens (tertiary/aromatic N) is 6. The molecular weight excluding hydrogens is 1030 g/mol. The molecule has 0 unspecified atom stereocenters. The largest absolute Gasteiger partial charge is 0.310 e. The highest BCUT2D eigenvalue weighted by atomic mass is 15.2. The molecule has 0 saturated carbocycles. The van der Waals surface area contributed by atoms with E-state index >= 15 is 0 Å². The van der Waals surface area contributed by atoms with Crippen LogP contribution in [0.5, 0.6) is 0 Å². The van der Waals surface area contributed by atoms with Crippen LogP contribution in [-0.4, -0.2) is 13.7 Å². The van der Waals surface area contributed by atoms with Crippen molar-refractivity contribution in [3.05, 3.63) is 321 Å². The number of anilines is 6. The lowest BCUT2D eigenvalue weighted by Crippen LogP contribution is -2.14. The van der Waals surface area contributed by atoms with E-state index in [0.717, 1.165) is 139 Å². The molecule has 6 heteroatoms. The third-order valence-corrected chi connectivity index (χ3v) is 16.8. The monoisotopic (exact) mass is 1080 g/mol. The standard InChI is InChI=1S/C79H52N6/c80-53-68-75(54-27-7-1-8-28-54)77(83-69-43-23-19-39-62(69)63-40-20-24-44-70(63)83)79(78(76(68)55-29-9-2-10-30-55)84-71-45-25-21-41-64(71)65-42-22-26-46-72(65)84)85-73-49-47-60(81(56-31-11-3-12-32-56)57-33-13-4-14-34-57)51-66(73)67-52-61(48-50-74(67)85)82(58-35-15-5-16-36-58)59-37-17-6-18-38-59/h1-52H. The highest BCUT2D eigenvalue weighted by Gasteiger charge is 2.34. The van der Waals surface area contributed by atoms with Gasteiger partial charge in [-0.25, -0.2) is 0 Å². The molecule has 0 N–H and O–H groups in total. The van der Waals surface area contributed by atoms with Crippen LogP contribution in [0.15, 0.2) is 315 Å². The number of nitriles is 1. The van der Waals surface area contributed by atoms with Gasteiger partial charge in [0.15, 0.2) is 0 Å². The second kappa shape index (κ2) is 20.4. The van der Waals surface area contributed by atoms with Crippen molar-refractivity contribution in [2.24, 2.45) is 0 Å². The number of aromatic nitrogens is 3. The van der Waals surface area contributed by atoms with Crippen molar-refractivity contribution in [1.82, 2.24) is 13.7 Å². The Morgan fingerprint density at radius 2 is 0.494 bits per heavy atom. The number of fused-ring (bicyclic) bond motifs is 9. The lowest BCUT2D eigenvalue weighted by Gasteiger charge is -2.29. The Labute approximate surface area is 492 Å². The second-order valence-electron chi connectivity index (χ2n) is 21.5. The molecule has 6 nitrogen and oxygen atoms in total. The fourth-order valence-corrected chi connectivity index (χ4v) is 13.3. The molecule has 3 aromatic heterocycles. The van der Waals surface area contributed by atoms with E-state index in [9.17, 15) is 5.26 Å². The van der Waals surface area contributed by atoms with Crippen LogP contribution in [0, 0.1) is 11.3 Å². The molecule has 398 valence electrons. The highest BCUT2D eigenvalue weighted by molar-refractivity contribution is 6.17. The summed E-state index contributed by atoms with van der Waals surface area (Å²) in [5, 5.41) is 19.0. The molecule has 0 aliphatic rings. The summed E-state index contributed by atoms with van der Waals surface area (Å²) in [6.07, 6.45) is 0. The van der Waals surface area contributed by atoms with Crippen molar-refractivity contribution in [3.8, 4) is 45.4 Å². The third-order valence-electron chi connectivity index (χ3n) is 16.8. The number of benzene rings is 13. The van der Waals surface area contributed by atoms with Crippen molar-refractivity contribution in [2.45, 2.75) is 0 Å². The molecule has 85 heavy (non-hydrogen) atoms. The maximum Gasteiger partial charge on any atom is 0.101 e. The van der Waals surface area contributed by atoms with Crippen molar-refractivity contribution < 1.29 is 0 Å². The van der Waals surface area contributed by atoms with Crippen molar-refractivity contribution in [3.63, 3.8) is 0 Å². The average Bonchev–Trinajstić information content (AvgIpc) is 1.90. The third kappa shape index (κ3) is 7.94. The van der Waals surface area contributed by atoms with Gasteiger partial charge in [-0.1, -0.05) is 206 Å². The van der Waals surface area contributed by atoms with E-state index in [1.807, 2.05) is 0 Å². The first kappa shape index (κ1) is 49.2. The van der Waals surface area contributed by atoms with Crippen LogP contribution in [0.2, 0.25) is 0 Å². The van der Waals surface area contributed by atoms with Crippen LogP contribution in [0.25, 0.3) is 105 Å². The first-order valence-electron chi connectivity index (χ1n) is 28.8. The summed E-state index contributed by atoms with van der Waals surface area (Å²) in [7, 11) is 0. The van der Waals surface area contributed by atoms with Gasteiger partial charge in [-0.05, 0) is 120 Å². The molecule has 0 fully saturated rings. The molecule has 0 bridgehead atoms. The Bertz CT molecular complexity index is 4730. The van der Waals surface area contributed by atoms with Crippen LogP contribution < -0.4 is 9.80 Å². The number of hydrogen-bond donors (Lipinski definition) is 0. The lowest BCUT2D eigenvalue weighted by molar-refractivity contribution is 1.05. The predicted octanol–water partition coefficient (Wildman–Crippen LogP) is 21.1. The van der Waals surface area contributed by atoms with Crippen molar-refractivity contribution in [1.29, 1.82) is 5.26 Å². The minimum Gasteiger partial charge on any atom is -0.310 e. The van der Waals surface area contributed by atoms with Crippen molar-refractivity contribution >= 4 is 99.5 Å². The van der Waals surface area contributed by atoms with Crippen LogP contribution in [0.3, 0.4) is 0 Å². The SMILES string of the molecule is N#Cc1c(-c2ccccc2)c(-n2c3ccccc3c3ccccc32)c(-n2c3ccc(N(c4ccccc4)c4ccccc4)cc3c3cc(N(c4ccccc4)c4ccccc4)ccc32)c(-n2c3ccccc3c3ccccc32)c1-c1ccccc1. The smallest absolute Gasteiger partial charge is 0.101 e. The molecule has 0 aliphatic carbocycles. The number of hydrogen-bond acceptors (Lipinski definition) is 3. The Morgan fingerprint density at radius 1 is 0.235 bits per heavy atom. The Morgan fingerprint density at radius 3 is 0.800 bits per heavy atom. The molecule has 3 heterocycles. The van der Waals surface area contributed by atoms with Gasteiger partial charge in [-0.2, -0.15) is 5.26 Å². The molecule has 16 rings (SSSR count). The van der Waals surface area contributed by atoms with E-state index < -0.39 is 0 Å². The van der Waals surface area contributed by atoms with Gasteiger partial charge in [-0.15, -0.1) is 0 Å². The fraction of sp³-hybridized carbons (Fsp3) is 0. The van der Waals surface area contributed by atoms with Gasteiger partial charge in [-0.3, -0.25) is 0 Å². The summed E-state index contributed by atoms with van der Waals surface area (Å²) in [5.74, 6) is 0. The zero-order chi connectivity index (χ0) is 56.4. The first-order valence-corrected chi connectivity index (χ1v) is 28.8. The number of rotatable bonds is 11. The normalized spacial score (nSPS) is 11.5. The van der Waals surface area contributed by atoms with Gasteiger partial charge in [0, 0.05) is 77.6 Å². The summed E-state index contributed by atoms with van der Waals surface area (Å²) in [4.78, 5) is 4.70. The zero-order valence-electron chi connectivity index (χ0n) is 46.2. The van der Waals surface area contributed by atoms with E-state index in [1.54, 1.807) is 0 Å². The Hall–Kier alpha value is -11.7. The fourth-order valence-electron chi connectivity index (χ4n) is 13.3. The highest BCUT2D eigenvalue weighted by Crippen LogP contribution is 2.53. The predicted molar refractivity (Wildman–Crippen MR) is 354 cm³/mol. The molecular formula is C79H52N6. The summed E-state index contributed by atoms with van der Waals surface area (Å²) in [6, 6.07) is 116. The van der Waals surface area contributed by atoms with Gasteiger partial charge < -0.3 is 23.5 Å². The molecule has 0 radical (unpaired) electrons. The second-order valence-corrected chi connectivity index (χ2v) is 21.5. The summed E-state index contributed by atoms with van der Waals surface area (Å²) in [6.45, 7) is 0. The van der Waals surface area contributed by atoms with Crippen LogP contribution in [0.4, 0.5) is 34.1 Å². The average molecular weight is 1090 g/mol. The van der Waals surface area contributed by atoms with E-state index in [1.165, 1.54) is 0 Å². The van der Waals surface area contributed by atoms with Gasteiger partial charge in [0.25, 0.3) is 0 Å². The topological polar surface area (TPSA) is 45.1 Å². The zero-order valence-corrected chi connectivity index (χ0v) is 46.2. The maximum atomic E-state index is 12.4. The minimum absolute atomic E-state index is 0.572. The summed E-state index contributed by atoms with van der Waals surface area (Å²) >= 11 is 0. The van der Waals surface area contributed by atoms with E-state index in [2.05, 4.69) is 345 Å². The van der Waals surface area contributed by atoms with Crippen LogP contribution >= 0.6 is 0 Å². The van der Waals surface area contributed by atoms with E-state index in [4.69, 9.17) is 0 Å². The van der Waals surface area contributed by atoms with Gasteiger partial charge in [0.05, 0.1) is 55.7 Å². The van der Waals surface area contributed by atoms with E-state index in [-0.39, 0.29) is 0 Å². The van der Waals surface area contributed by atoms with Crippen LogP contribution in [-0.2, 0) is 0 Å². The first-order chi connectivity index (χ1) is 42.2. The van der Waals surface area contributed by atoms with Gasteiger partial charge >= 0.3 is 0 Å². The maximum absolute atomic E-state index is 12.4. The van der Waals surface area contributed by atoms with Gasteiger partial charge in [0.1, 0.15) is 6.07 Å². The van der Waals surface area contributed by atoms with Gasteiger partial charge in [0.2, 0.25) is 0 Å². The molecule has 0 amide bonds. The van der Waals surface area contributed by atoms with Crippen LogP contribution in [0.1, 0.15) is 5.56 Å². The lowest BCUT2D eigenvalue weighted by atomic mass is 9.87. The molecule has 16 aromatic rings. The number of para-hydroxylation sites is 8. The molecule has 13 aromatic carbocycles. The van der Waals surface area contributed by atoms with E-state index in [0.29, 0.717) is 5.56 Å². The molecule has 0 saturated heterocycles.